The van der Waals surface area contributed by atoms with Gasteiger partial charge < -0.3 is 14.6 Å². The van der Waals surface area contributed by atoms with Crippen LogP contribution in [0.5, 0.6) is 0 Å². The van der Waals surface area contributed by atoms with E-state index in [9.17, 15) is 0 Å². The summed E-state index contributed by atoms with van der Waals surface area (Å²) in [6, 6.07) is 0. The molecule has 2 rings (SSSR count). The third kappa shape index (κ3) is 1.95. The molecular formula is C11H20O3. The van der Waals surface area contributed by atoms with Gasteiger partial charge in [0.05, 0.1) is 13.2 Å². The fraction of sp³-hybridized carbons (Fsp3) is 1.00. The quantitative estimate of drug-likeness (QED) is 0.735. The second-order valence-corrected chi connectivity index (χ2v) is 4.61. The Labute approximate surface area is 85.4 Å². The number of ether oxygens (including phenoxy) is 2. The molecule has 0 unspecified atom stereocenters. The van der Waals surface area contributed by atoms with Gasteiger partial charge in [0.15, 0.2) is 5.79 Å². The highest BCUT2D eigenvalue weighted by Gasteiger charge is 2.41. The normalized spacial score (nSPS) is 37.3. The summed E-state index contributed by atoms with van der Waals surface area (Å²) in [6.07, 6.45) is 4.48. The molecule has 0 aromatic rings. The average Bonchev–Trinajstić information content (AvgIpc) is 2.67. The standard InChI is InChI=1S/C11H20O3/c1-11(13-6-7-14-11)10-4-2-9(8-12)3-5-10/h9-10,12H,2-8H2,1H3. The molecule has 1 N–H and O–H groups in total. The Bertz CT molecular complexity index is 179. The van der Waals surface area contributed by atoms with Crippen LogP contribution in [0.15, 0.2) is 0 Å². The highest BCUT2D eigenvalue weighted by Crippen LogP contribution is 2.39. The lowest BCUT2D eigenvalue weighted by Gasteiger charge is -2.37. The van der Waals surface area contributed by atoms with E-state index in [0.29, 0.717) is 18.4 Å². The van der Waals surface area contributed by atoms with Gasteiger partial charge in [0.1, 0.15) is 0 Å². The van der Waals surface area contributed by atoms with E-state index in [4.69, 9.17) is 14.6 Å². The molecule has 82 valence electrons. The van der Waals surface area contributed by atoms with Crippen molar-refractivity contribution in [1.82, 2.24) is 0 Å². The first-order valence-corrected chi connectivity index (χ1v) is 5.63. The zero-order valence-corrected chi connectivity index (χ0v) is 8.87. The van der Waals surface area contributed by atoms with Crippen LogP contribution in [0.25, 0.3) is 0 Å². The fourth-order valence-electron chi connectivity index (χ4n) is 2.64. The summed E-state index contributed by atoms with van der Waals surface area (Å²) in [5.41, 5.74) is 0. The molecule has 0 bridgehead atoms. The minimum atomic E-state index is -0.333. The van der Waals surface area contributed by atoms with E-state index in [1.807, 2.05) is 0 Å². The maximum Gasteiger partial charge on any atom is 0.168 e. The van der Waals surface area contributed by atoms with E-state index < -0.39 is 0 Å². The van der Waals surface area contributed by atoms with Gasteiger partial charge in [-0.05, 0) is 38.5 Å². The largest absolute Gasteiger partial charge is 0.396 e. The number of aliphatic hydroxyl groups is 1. The minimum Gasteiger partial charge on any atom is -0.396 e. The fourth-order valence-corrected chi connectivity index (χ4v) is 2.64. The molecule has 1 aliphatic carbocycles. The van der Waals surface area contributed by atoms with E-state index >= 15 is 0 Å². The van der Waals surface area contributed by atoms with Crippen molar-refractivity contribution in [2.45, 2.75) is 38.4 Å². The van der Waals surface area contributed by atoms with Crippen molar-refractivity contribution in [3.63, 3.8) is 0 Å². The molecule has 0 aromatic carbocycles. The SMILES string of the molecule is CC1(C2CCC(CO)CC2)OCCO1. The molecule has 0 amide bonds. The summed E-state index contributed by atoms with van der Waals surface area (Å²) in [6.45, 7) is 3.86. The predicted molar refractivity (Wildman–Crippen MR) is 52.8 cm³/mol. The molecule has 1 heterocycles. The lowest BCUT2D eigenvalue weighted by atomic mass is 9.78. The Kier molecular flexibility index (Phi) is 3.10. The summed E-state index contributed by atoms with van der Waals surface area (Å²) in [7, 11) is 0. The molecule has 0 aromatic heterocycles. The van der Waals surface area contributed by atoms with Crippen LogP contribution in [0.4, 0.5) is 0 Å². The zero-order valence-electron chi connectivity index (χ0n) is 8.87. The van der Waals surface area contributed by atoms with Gasteiger partial charge in [-0.3, -0.25) is 0 Å². The monoisotopic (exact) mass is 200 g/mol. The van der Waals surface area contributed by atoms with Crippen molar-refractivity contribution in [2.75, 3.05) is 19.8 Å². The van der Waals surface area contributed by atoms with Crippen molar-refractivity contribution < 1.29 is 14.6 Å². The summed E-state index contributed by atoms with van der Waals surface area (Å²) in [5, 5.41) is 9.04. The molecule has 2 fully saturated rings. The van der Waals surface area contributed by atoms with Crippen LogP contribution in [0.3, 0.4) is 0 Å². The predicted octanol–water partition coefficient (Wildman–Crippen LogP) is 1.55. The smallest absolute Gasteiger partial charge is 0.168 e. The summed E-state index contributed by atoms with van der Waals surface area (Å²) < 4.78 is 11.3. The summed E-state index contributed by atoms with van der Waals surface area (Å²) in [5.74, 6) is 0.699. The van der Waals surface area contributed by atoms with Crippen molar-refractivity contribution in [3.05, 3.63) is 0 Å². The van der Waals surface area contributed by atoms with Gasteiger partial charge in [-0.1, -0.05) is 0 Å². The Morgan fingerprint density at radius 3 is 2.21 bits per heavy atom. The summed E-state index contributed by atoms with van der Waals surface area (Å²) >= 11 is 0. The molecule has 0 radical (unpaired) electrons. The molecule has 14 heavy (non-hydrogen) atoms. The maximum absolute atomic E-state index is 9.04. The molecule has 3 heteroatoms. The van der Waals surface area contributed by atoms with Gasteiger partial charge in [0.25, 0.3) is 0 Å². The number of hydrogen-bond donors (Lipinski definition) is 1. The van der Waals surface area contributed by atoms with Crippen molar-refractivity contribution in [1.29, 1.82) is 0 Å². The van der Waals surface area contributed by atoms with Crippen LogP contribution in [0.2, 0.25) is 0 Å². The molecule has 2 aliphatic rings. The molecule has 3 nitrogen and oxygen atoms in total. The molecule has 1 saturated heterocycles. The average molecular weight is 200 g/mol. The van der Waals surface area contributed by atoms with Crippen LogP contribution >= 0.6 is 0 Å². The second kappa shape index (κ2) is 4.17. The lowest BCUT2D eigenvalue weighted by Crippen LogP contribution is -2.38. The molecule has 0 atom stereocenters. The first kappa shape index (κ1) is 10.4. The van der Waals surface area contributed by atoms with Crippen molar-refractivity contribution in [3.8, 4) is 0 Å². The van der Waals surface area contributed by atoms with Gasteiger partial charge >= 0.3 is 0 Å². The zero-order chi connectivity index (χ0) is 10.0. The van der Waals surface area contributed by atoms with Gasteiger partial charge in [0.2, 0.25) is 0 Å². The van der Waals surface area contributed by atoms with Gasteiger partial charge in [-0.25, -0.2) is 0 Å². The minimum absolute atomic E-state index is 0.333. The van der Waals surface area contributed by atoms with E-state index in [0.717, 1.165) is 38.9 Å². The van der Waals surface area contributed by atoms with E-state index in [1.54, 1.807) is 0 Å². The van der Waals surface area contributed by atoms with Gasteiger partial charge in [0, 0.05) is 12.5 Å². The number of hydrogen-bond acceptors (Lipinski definition) is 3. The first-order valence-electron chi connectivity index (χ1n) is 5.63. The van der Waals surface area contributed by atoms with Crippen LogP contribution in [0, 0.1) is 11.8 Å². The van der Waals surface area contributed by atoms with Crippen molar-refractivity contribution in [2.24, 2.45) is 11.8 Å². The van der Waals surface area contributed by atoms with Gasteiger partial charge in [-0.2, -0.15) is 0 Å². The highest BCUT2D eigenvalue weighted by atomic mass is 16.7. The van der Waals surface area contributed by atoms with Gasteiger partial charge in [-0.15, -0.1) is 0 Å². The molecular weight excluding hydrogens is 180 g/mol. The third-order valence-electron chi connectivity index (χ3n) is 3.71. The third-order valence-corrected chi connectivity index (χ3v) is 3.71. The Balaban J connectivity index is 1.88. The van der Waals surface area contributed by atoms with Crippen LogP contribution in [-0.4, -0.2) is 30.7 Å². The van der Waals surface area contributed by atoms with Crippen LogP contribution in [-0.2, 0) is 9.47 Å². The Morgan fingerprint density at radius 2 is 1.71 bits per heavy atom. The highest BCUT2D eigenvalue weighted by molar-refractivity contribution is 4.83. The van der Waals surface area contributed by atoms with Crippen LogP contribution < -0.4 is 0 Å². The molecule has 1 aliphatic heterocycles. The van der Waals surface area contributed by atoms with Crippen LogP contribution in [0.1, 0.15) is 32.6 Å². The number of rotatable bonds is 2. The lowest BCUT2D eigenvalue weighted by molar-refractivity contribution is -0.190. The Morgan fingerprint density at radius 1 is 1.14 bits per heavy atom. The first-order chi connectivity index (χ1) is 6.74. The van der Waals surface area contributed by atoms with E-state index in [2.05, 4.69) is 6.92 Å². The van der Waals surface area contributed by atoms with Crippen molar-refractivity contribution >= 4 is 0 Å². The van der Waals surface area contributed by atoms with E-state index in [1.165, 1.54) is 0 Å². The maximum atomic E-state index is 9.04. The Hall–Kier alpha value is -0.120. The topological polar surface area (TPSA) is 38.7 Å². The second-order valence-electron chi connectivity index (χ2n) is 4.61. The molecule has 0 spiro atoms. The number of aliphatic hydroxyl groups excluding tert-OH is 1. The molecule has 1 saturated carbocycles. The summed E-state index contributed by atoms with van der Waals surface area (Å²) in [4.78, 5) is 0. The van der Waals surface area contributed by atoms with E-state index in [-0.39, 0.29) is 5.79 Å².